The number of nitrogens with zero attached hydrogens (tertiary/aromatic N) is 3. The second kappa shape index (κ2) is 12.0. The zero-order chi connectivity index (χ0) is 20.4. The number of carbonyl (C=O) groups is 1. The van der Waals surface area contributed by atoms with Crippen LogP contribution in [-0.4, -0.2) is 61.3 Å². The lowest BCUT2D eigenvalue weighted by molar-refractivity contribution is -0.127. The zero-order valence-corrected chi connectivity index (χ0v) is 17.8. The van der Waals surface area contributed by atoms with Crippen molar-refractivity contribution in [2.45, 2.75) is 53.1 Å². The fourth-order valence-electron chi connectivity index (χ4n) is 3.27. The predicted octanol–water partition coefficient (Wildman–Crippen LogP) is 3.41. The molecule has 1 aliphatic rings. The number of ether oxygens (including phenoxy) is 2. The molecule has 1 aromatic heterocycles. The second-order valence-corrected chi connectivity index (χ2v) is 7.69. The number of hydrogen-bond donors (Lipinski definition) is 1. The fraction of sp³-hybridized carbons (Fsp3) is 0.762. The van der Waals surface area contributed by atoms with Crippen molar-refractivity contribution < 1.29 is 15.7 Å². The lowest BCUT2D eigenvalue weighted by Crippen LogP contribution is -2.38. The molecular formula is C21H38N4O3. The number of ketones is 1. The number of carbonyl (C=O) groups excluding carboxylic acids is 1. The van der Waals surface area contributed by atoms with Crippen LogP contribution in [0.1, 0.15) is 48.4 Å². The molecule has 2 rings (SSSR count). The van der Waals surface area contributed by atoms with E-state index in [0.29, 0.717) is 32.1 Å². The van der Waals surface area contributed by atoms with Crippen molar-refractivity contribution in [3.05, 3.63) is 12.4 Å². The summed E-state index contributed by atoms with van der Waals surface area (Å²) in [5.74, 6) is 2.42. The van der Waals surface area contributed by atoms with Crippen LogP contribution in [0.2, 0.25) is 0 Å². The first-order valence-corrected chi connectivity index (χ1v) is 10.5. The molecule has 7 heteroatoms. The molecule has 0 saturated carbocycles. The molecular weight excluding hydrogens is 356 g/mol. The molecule has 1 saturated heterocycles. The normalized spacial score (nSPS) is 16.4. The SMILES string of the molecule is CCC(C)C(=O)C1CCN(c2cnc(NCCOCCOC(C)C)cn2)CC1.[HH]. The first-order chi connectivity index (χ1) is 13.5. The van der Waals surface area contributed by atoms with E-state index in [1.54, 1.807) is 12.4 Å². The molecule has 1 atom stereocenters. The number of nitrogens with one attached hydrogen (secondary N) is 1. The smallest absolute Gasteiger partial charge is 0.147 e. The van der Waals surface area contributed by atoms with E-state index in [2.05, 4.69) is 27.1 Å². The average molecular weight is 395 g/mol. The van der Waals surface area contributed by atoms with Gasteiger partial charge in [0.15, 0.2) is 0 Å². The van der Waals surface area contributed by atoms with E-state index in [1.165, 1.54) is 0 Å². The Morgan fingerprint density at radius 1 is 1.21 bits per heavy atom. The van der Waals surface area contributed by atoms with E-state index >= 15 is 0 Å². The van der Waals surface area contributed by atoms with Crippen molar-refractivity contribution in [3.8, 4) is 0 Å². The van der Waals surface area contributed by atoms with E-state index in [0.717, 1.165) is 44.0 Å². The zero-order valence-electron chi connectivity index (χ0n) is 17.8. The topological polar surface area (TPSA) is 76.6 Å². The molecule has 2 heterocycles. The summed E-state index contributed by atoms with van der Waals surface area (Å²) in [6.07, 6.45) is 6.53. The van der Waals surface area contributed by atoms with E-state index in [4.69, 9.17) is 9.47 Å². The molecule has 0 amide bonds. The Kier molecular flexibility index (Phi) is 9.64. The van der Waals surface area contributed by atoms with Gasteiger partial charge in [-0.1, -0.05) is 13.8 Å². The summed E-state index contributed by atoms with van der Waals surface area (Å²) < 4.78 is 10.9. The second-order valence-electron chi connectivity index (χ2n) is 7.69. The third kappa shape index (κ3) is 7.36. The number of rotatable bonds is 12. The van der Waals surface area contributed by atoms with Gasteiger partial charge in [0.25, 0.3) is 0 Å². The maximum Gasteiger partial charge on any atom is 0.147 e. The van der Waals surface area contributed by atoms with Gasteiger partial charge in [-0.2, -0.15) is 0 Å². The highest BCUT2D eigenvalue weighted by Gasteiger charge is 2.27. The number of hydrogen-bond acceptors (Lipinski definition) is 7. The van der Waals surface area contributed by atoms with Crippen LogP contribution in [-0.2, 0) is 14.3 Å². The summed E-state index contributed by atoms with van der Waals surface area (Å²) in [7, 11) is 0. The third-order valence-corrected chi connectivity index (χ3v) is 5.19. The van der Waals surface area contributed by atoms with E-state index in [9.17, 15) is 4.79 Å². The minimum Gasteiger partial charge on any atom is -0.377 e. The van der Waals surface area contributed by atoms with Gasteiger partial charge < -0.3 is 19.7 Å². The number of piperidine rings is 1. The molecule has 28 heavy (non-hydrogen) atoms. The van der Waals surface area contributed by atoms with Crippen LogP contribution >= 0.6 is 0 Å². The number of aromatic nitrogens is 2. The highest BCUT2D eigenvalue weighted by Crippen LogP contribution is 2.25. The molecule has 1 unspecified atom stereocenters. The third-order valence-electron chi connectivity index (χ3n) is 5.19. The maximum absolute atomic E-state index is 12.4. The van der Waals surface area contributed by atoms with Gasteiger partial charge >= 0.3 is 0 Å². The largest absolute Gasteiger partial charge is 0.377 e. The lowest BCUT2D eigenvalue weighted by Gasteiger charge is -2.32. The van der Waals surface area contributed by atoms with Crippen molar-refractivity contribution in [1.82, 2.24) is 9.97 Å². The summed E-state index contributed by atoms with van der Waals surface area (Å²) in [6.45, 7) is 12.4. The van der Waals surface area contributed by atoms with Gasteiger partial charge in [-0.15, -0.1) is 0 Å². The van der Waals surface area contributed by atoms with Crippen LogP contribution in [0.4, 0.5) is 11.6 Å². The molecule has 7 nitrogen and oxygen atoms in total. The van der Waals surface area contributed by atoms with Crippen molar-refractivity contribution in [2.75, 3.05) is 49.7 Å². The molecule has 0 aromatic carbocycles. The summed E-state index contributed by atoms with van der Waals surface area (Å²) in [5.41, 5.74) is 0. The molecule has 1 N–H and O–H groups in total. The molecule has 0 spiro atoms. The Balaban J connectivity index is 0.00000420. The van der Waals surface area contributed by atoms with E-state index in [1.807, 2.05) is 20.8 Å². The van der Waals surface area contributed by atoms with Gasteiger partial charge in [0.2, 0.25) is 0 Å². The monoisotopic (exact) mass is 394 g/mol. The van der Waals surface area contributed by atoms with Crippen LogP contribution in [0, 0.1) is 11.8 Å². The average Bonchev–Trinajstić information content (AvgIpc) is 2.72. The Bertz CT molecular complexity index is 578. The number of anilines is 2. The Hall–Kier alpha value is -1.73. The van der Waals surface area contributed by atoms with Gasteiger partial charge in [-0.25, -0.2) is 9.97 Å². The van der Waals surface area contributed by atoms with Gasteiger partial charge in [0.1, 0.15) is 17.4 Å². The predicted molar refractivity (Wildman–Crippen MR) is 114 cm³/mol. The van der Waals surface area contributed by atoms with Crippen LogP contribution in [0.5, 0.6) is 0 Å². The summed E-state index contributed by atoms with van der Waals surface area (Å²) in [6, 6.07) is 0. The van der Waals surface area contributed by atoms with E-state index < -0.39 is 0 Å². The quantitative estimate of drug-likeness (QED) is 0.544. The van der Waals surface area contributed by atoms with Gasteiger partial charge in [-0.3, -0.25) is 4.79 Å². The summed E-state index contributed by atoms with van der Waals surface area (Å²) >= 11 is 0. The van der Waals surface area contributed by atoms with Crippen LogP contribution in [0.25, 0.3) is 0 Å². The summed E-state index contributed by atoms with van der Waals surface area (Å²) in [4.78, 5) is 23.5. The Morgan fingerprint density at radius 2 is 1.96 bits per heavy atom. The minimum atomic E-state index is 0. The van der Waals surface area contributed by atoms with Crippen LogP contribution < -0.4 is 10.2 Å². The van der Waals surface area contributed by atoms with Crippen LogP contribution in [0.3, 0.4) is 0 Å². The first-order valence-electron chi connectivity index (χ1n) is 10.5. The standard InChI is InChI=1S/C21H36N4O3.H2/c1-5-17(4)21(26)18-6-9-25(10-7-18)20-15-23-19(14-24-20)22-8-11-27-12-13-28-16(2)3;/h14-18H,5-13H2,1-4H3,(H,22,23);1H. The number of Topliss-reactive ketones (excluding diaryl/α,β-unsaturated/α-hetero) is 1. The van der Waals surface area contributed by atoms with Crippen LogP contribution in [0.15, 0.2) is 12.4 Å². The molecule has 1 aromatic rings. The molecule has 1 fully saturated rings. The van der Waals surface area contributed by atoms with Gasteiger partial charge in [0.05, 0.1) is 38.3 Å². The van der Waals surface area contributed by atoms with Gasteiger partial charge in [0, 0.05) is 32.9 Å². The van der Waals surface area contributed by atoms with Crippen molar-refractivity contribution in [3.63, 3.8) is 0 Å². The minimum absolute atomic E-state index is 0. The highest BCUT2D eigenvalue weighted by atomic mass is 16.5. The molecule has 0 radical (unpaired) electrons. The highest BCUT2D eigenvalue weighted by molar-refractivity contribution is 5.83. The first kappa shape index (κ1) is 22.6. The van der Waals surface area contributed by atoms with Crippen molar-refractivity contribution >= 4 is 17.4 Å². The van der Waals surface area contributed by atoms with Crippen molar-refractivity contribution in [1.29, 1.82) is 0 Å². The fourth-order valence-corrected chi connectivity index (χ4v) is 3.27. The molecule has 1 aliphatic heterocycles. The Morgan fingerprint density at radius 3 is 2.57 bits per heavy atom. The summed E-state index contributed by atoms with van der Waals surface area (Å²) in [5, 5.41) is 3.21. The van der Waals surface area contributed by atoms with E-state index in [-0.39, 0.29) is 19.4 Å². The molecule has 0 aliphatic carbocycles. The Labute approximate surface area is 170 Å². The molecule has 0 bridgehead atoms. The lowest BCUT2D eigenvalue weighted by atomic mass is 9.85. The molecule has 160 valence electrons. The maximum atomic E-state index is 12.4. The van der Waals surface area contributed by atoms with Gasteiger partial charge in [-0.05, 0) is 33.1 Å². The van der Waals surface area contributed by atoms with Crippen molar-refractivity contribution in [2.24, 2.45) is 11.8 Å².